The molecule has 0 fully saturated rings. The number of aromatic nitrogens is 1. The average molecular weight is 443 g/mol. The summed E-state index contributed by atoms with van der Waals surface area (Å²) >= 11 is 0. The number of hydrogen-bond acceptors (Lipinski definition) is 4. The first-order valence-electron chi connectivity index (χ1n) is 11.1. The number of carboxylic acids is 1. The summed E-state index contributed by atoms with van der Waals surface area (Å²) in [5.74, 6) is -0.588. The normalized spacial score (nSPS) is 11.9. The van der Waals surface area contributed by atoms with Gasteiger partial charge in [-0.2, -0.15) is 0 Å². The van der Waals surface area contributed by atoms with Crippen molar-refractivity contribution < 1.29 is 19.1 Å². The van der Waals surface area contributed by atoms with E-state index >= 15 is 0 Å². The highest BCUT2D eigenvalue weighted by Crippen LogP contribution is 2.32. The van der Waals surface area contributed by atoms with Crippen molar-refractivity contribution >= 4 is 23.0 Å². The van der Waals surface area contributed by atoms with Crippen molar-refractivity contribution in [3.63, 3.8) is 0 Å². The third kappa shape index (κ3) is 5.29. The molecule has 33 heavy (non-hydrogen) atoms. The van der Waals surface area contributed by atoms with Crippen LogP contribution in [0.15, 0.2) is 77.2 Å². The molecule has 1 atom stereocenters. The molecule has 1 amide bonds. The van der Waals surface area contributed by atoms with Crippen LogP contribution in [0, 0.1) is 0 Å². The number of aliphatic carboxylic acids is 1. The zero-order valence-corrected chi connectivity index (χ0v) is 18.5. The van der Waals surface area contributed by atoms with Crippen LogP contribution in [0.5, 0.6) is 0 Å². The molecule has 0 aliphatic carbocycles. The molecule has 6 nitrogen and oxygen atoms in total. The molecule has 4 aromatic rings. The number of carbonyl (C=O) groups is 2. The molecule has 0 saturated carbocycles. The third-order valence-corrected chi connectivity index (χ3v) is 5.59. The molecule has 0 aliphatic heterocycles. The number of nitrogens with zero attached hydrogens (tertiary/aromatic N) is 1. The van der Waals surface area contributed by atoms with Crippen LogP contribution in [0.2, 0.25) is 0 Å². The van der Waals surface area contributed by atoms with E-state index in [1.54, 1.807) is 12.1 Å². The van der Waals surface area contributed by atoms with E-state index in [1.165, 1.54) is 0 Å². The number of fused-ring (bicyclic) bond motifs is 1. The predicted molar refractivity (Wildman–Crippen MR) is 127 cm³/mol. The standard InChI is InChI=1S/C27H26N2O4/c1-2-6-22(19-9-11-20(12-10-19)26(32)28-16-15-25(30)31)27-29-23-17-21(13-14-24(23)33-27)18-7-4-3-5-8-18/h3-5,7-14,17,22H,2,6,15-16H2,1H3,(H,28,32)(H,30,31). The Bertz CT molecular complexity index is 1250. The quantitative estimate of drug-likeness (QED) is 0.350. The minimum Gasteiger partial charge on any atom is -0.481 e. The highest BCUT2D eigenvalue weighted by atomic mass is 16.4. The average Bonchev–Trinajstić information content (AvgIpc) is 3.26. The van der Waals surface area contributed by atoms with Crippen molar-refractivity contribution in [3.05, 3.63) is 89.8 Å². The van der Waals surface area contributed by atoms with Crippen LogP contribution in [0.25, 0.3) is 22.2 Å². The molecule has 6 heteroatoms. The number of benzene rings is 3. The van der Waals surface area contributed by atoms with E-state index in [0.717, 1.165) is 40.6 Å². The number of amides is 1. The van der Waals surface area contributed by atoms with E-state index in [0.29, 0.717) is 11.5 Å². The van der Waals surface area contributed by atoms with Gasteiger partial charge in [0.05, 0.1) is 12.3 Å². The topological polar surface area (TPSA) is 92.4 Å². The maximum atomic E-state index is 12.2. The molecular weight excluding hydrogens is 416 g/mol. The summed E-state index contributed by atoms with van der Waals surface area (Å²) in [5, 5.41) is 11.3. The van der Waals surface area contributed by atoms with Gasteiger partial charge in [0.25, 0.3) is 5.91 Å². The predicted octanol–water partition coefficient (Wildman–Crippen LogP) is 5.63. The summed E-state index contributed by atoms with van der Waals surface area (Å²) in [6, 6.07) is 23.6. The fourth-order valence-corrected chi connectivity index (χ4v) is 3.88. The van der Waals surface area contributed by atoms with Crippen molar-refractivity contribution in [2.24, 2.45) is 0 Å². The van der Waals surface area contributed by atoms with Gasteiger partial charge in [-0.15, -0.1) is 0 Å². The fourth-order valence-electron chi connectivity index (χ4n) is 3.88. The van der Waals surface area contributed by atoms with Gasteiger partial charge in [-0.3, -0.25) is 9.59 Å². The van der Waals surface area contributed by atoms with E-state index in [9.17, 15) is 9.59 Å². The summed E-state index contributed by atoms with van der Waals surface area (Å²) in [4.78, 5) is 27.7. The smallest absolute Gasteiger partial charge is 0.305 e. The summed E-state index contributed by atoms with van der Waals surface area (Å²) in [5.41, 5.74) is 5.31. The second kappa shape index (κ2) is 10.1. The van der Waals surface area contributed by atoms with Gasteiger partial charge in [-0.1, -0.05) is 61.9 Å². The molecule has 168 valence electrons. The minimum atomic E-state index is -0.942. The van der Waals surface area contributed by atoms with Crippen molar-refractivity contribution in [1.29, 1.82) is 0 Å². The lowest BCUT2D eigenvalue weighted by atomic mass is 9.93. The third-order valence-electron chi connectivity index (χ3n) is 5.59. The molecular formula is C27H26N2O4. The van der Waals surface area contributed by atoms with Gasteiger partial charge in [0.1, 0.15) is 5.52 Å². The van der Waals surface area contributed by atoms with Crippen LogP contribution in [-0.2, 0) is 4.79 Å². The summed E-state index contributed by atoms with van der Waals surface area (Å²) in [7, 11) is 0. The Balaban J connectivity index is 1.56. The first-order chi connectivity index (χ1) is 16.0. The molecule has 3 aromatic carbocycles. The van der Waals surface area contributed by atoms with E-state index in [2.05, 4.69) is 24.4 Å². The van der Waals surface area contributed by atoms with Crippen LogP contribution in [-0.4, -0.2) is 28.5 Å². The highest BCUT2D eigenvalue weighted by Gasteiger charge is 2.20. The Morgan fingerprint density at radius 3 is 2.45 bits per heavy atom. The Morgan fingerprint density at radius 1 is 1.00 bits per heavy atom. The van der Waals surface area contributed by atoms with E-state index in [1.807, 2.05) is 48.5 Å². The maximum Gasteiger partial charge on any atom is 0.305 e. The number of carboxylic acid groups (broad SMARTS) is 1. The first-order valence-corrected chi connectivity index (χ1v) is 11.1. The van der Waals surface area contributed by atoms with E-state index in [-0.39, 0.29) is 24.8 Å². The van der Waals surface area contributed by atoms with Gasteiger partial charge in [0.15, 0.2) is 5.58 Å². The molecule has 0 spiro atoms. The van der Waals surface area contributed by atoms with Gasteiger partial charge in [0.2, 0.25) is 5.89 Å². The van der Waals surface area contributed by atoms with Gasteiger partial charge < -0.3 is 14.8 Å². The maximum absolute atomic E-state index is 12.2. The van der Waals surface area contributed by atoms with Crippen LogP contribution in [0.1, 0.15) is 53.9 Å². The van der Waals surface area contributed by atoms with Gasteiger partial charge in [-0.25, -0.2) is 4.98 Å². The molecule has 1 unspecified atom stereocenters. The molecule has 0 saturated heterocycles. The molecule has 1 aromatic heterocycles. The van der Waals surface area contributed by atoms with E-state index < -0.39 is 5.97 Å². The second-order valence-electron chi connectivity index (χ2n) is 7.96. The zero-order valence-electron chi connectivity index (χ0n) is 18.5. The lowest BCUT2D eigenvalue weighted by molar-refractivity contribution is -0.136. The Kier molecular flexibility index (Phi) is 6.83. The molecule has 0 radical (unpaired) electrons. The molecule has 2 N–H and O–H groups in total. The fraction of sp³-hybridized carbons (Fsp3) is 0.222. The summed E-state index contributed by atoms with van der Waals surface area (Å²) in [6.45, 7) is 2.22. The Labute approximate surface area is 192 Å². The molecule has 0 bridgehead atoms. The van der Waals surface area contributed by atoms with Crippen molar-refractivity contribution in [2.45, 2.75) is 32.1 Å². The van der Waals surface area contributed by atoms with Crippen LogP contribution in [0.4, 0.5) is 0 Å². The Hall–Kier alpha value is -3.93. The number of carbonyl (C=O) groups excluding carboxylic acids is 1. The highest BCUT2D eigenvalue weighted by molar-refractivity contribution is 5.94. The summed E-state index contributed by atoms with van der Waals surface area (Å²) in [6.07, 6.45) is 1.71. The number of hydrogen-bond donors (Lipinski definition) is 2. The van der Waals surface area contributed by atoms with Crippen LogP contribution < -0.4 is 5.32 Å². The number of rotatable bonds is 9. The largest absolute Gasteiger partial charge is 0.481 e. The molecule has 0 aliphatic rings. The Morgan fingerprint density at radius 2 is 1.76 bits per heavy atom. The lowest BCUT2D eigenvalue weighted by Crippen LogP contribution is -2.25. The lowest BCUT2D eigenvalue weighted by Gasteiger charge is -2.13. The second-order valence-corrected chi connectivity index (χ2v) is 7.96. The van der Waals surface area contributed by atoms with Crippen molar-refractivity contribution in [1.82, 2.24) is 10.3 Å². The zero-order chi connectivity index (χ0) is 23.2. The molecule has 4 rings (SSSR count). The van der Waals surface area contributed by atoms with Crippen LogP contribution >= 0.6 is 0 Å². The number of oxazole rings is 1. The van der Waals surface area contributed by atoms with Crippen LogP contribution in [0.3, 0.4) is 0 Å². The van der Waals surface area contributed by atoms with Crippen molar-refractivity contribution in [2.75, 3.05) is 6.54 Å². The SMILES string of the molecule is CCCC(c1ccc(C(=O)NCCC(=O)O)cc1)c1nc2cc(-c3ccccc3)ccc2o1. The van der Waals surface area contributed by atoms with Crippen molar-refractivity contribution in [3.8, 4) is 11.1 Å². The first kappa shape index (κ1) is 22.3. The summed E-state index contributed by atoms with van der Waals surface area (Å²) < 4.78 is 6.14. The monoisotopic (exact) mass is 442 g/mol. The van der Waals surface area contributed by atoms with Gasteiger partial charge in [0, 0.05) is 12.1 Å². The van der Waals surface area contributed by atoms with Gasteiger partial charge >= 0.3 is 5.97 Å². The van der Waals surface area contributed by atoms with Gasteiger partial charge in [-0.05, 0) is 47.4 Å². The number of nitrogens with one attached hydrogen (secondary N) is 1. The molecule has 1 heterocycles. The minimum absolute atomic E-state index is 0.0216. The van der Waals surface area contributed by atoms with E-state index in [4.69, 9.17) is 14.5 Å².